The summed E-state index contributed by atoms with van der Waals surface area (Å²) in [4.78, 5) is 11.5. The predicted molar refractivity (Wildman–Crippen MR) is 84.2 cm³/mol. The molecule has 0 fully saturated rings. The Morgan fingerprint density at radius 1 is 1.08 bits per heavy atom. The van der Waals surface area contributed by atoms with E-state index < -0.39 is 23.8 Å². The molecule has 0 bridgehead atoms. The van der Waals surface area contributed by atoms with Crippen molar-refractivity contribution in [2.24, 2.45) is 5.73 Å². The number of nitrogens with two attached hydrogens (primary N) is 1. The molecule has 134 valence electrons. The van der Waals surface area contributed by atoms with E-state index in [2.05, 4.69) is 9.84 Å². The number of alkyl halides is 3. The summed E-state index contributed by atoms with van der Waals surface area (Å²) < 4.78 is 55.6. The van der Waals surface area contributed by atoms with Crippen LogP contribution in [0.15, 0.2) is 54.6 Å². The largest absolute Gasteiger partial charge is 0.573 e. The molecule has 0 aliphatic carbocycles. The Hall–Kier alpha value is -3.36. The van der Waals surface area contributed by atoms with Gasteiger partial charge in [-0.3, -0.25) is 4.79 Å². The van der Waals surface area contributed by atoms with Gasteiger partial charge in [-0.25, -0.2) is 9.07 Å². The van der Waals surface area contributed by atoms with E-state index in [0.717, 1.165) is 12.1 Å². The van der Waals surface area contributed by atoms with Crippen molar-refractivity contribution in [3.8, 4) is 22.7 Å². The normalized spacial score (nSPS) is 11.4. The van der Waals surface area contributed by atoms with Crippen molar-refractivity contribution in [3.05, 3.63) is 66.1 Å². The van der Waals surface area contributed by atoms with Crippen LogP contribution in [0, 0.1) is 5.82 Å². The zero-order valence-electron chi connectivity index (χ0n) is 13.0. The topological polar surface area (TPSA) is 70.1 Å². The van der Waals surface area contributed by atoms with Crippen LogP contribution in [-0.2, 0) is 0 Å². The molecule has 3 rings (SSSR count). The van der Waals surface area contributed by atoms with E-state index in [1.807, 2.05) is 0 Å². The highest BCUT2D eigenvalue weighted by molar-refractivity contribution is 5.92. The standard InChI is InChI=1S/C17H11F4N3O2/c18-11-4-6-12(7-5-11)24-15(9-14(23-24)16(22)25)10-2-1-3-13(8-10)26-17(19,20)21/h1-9H,(H2,22,25). The molecule has 1 heterocycles. The fourth-order valence-electron chi connectivity index (χ4n) is 2.34. The lowest BCUT2D eigenvalue weighted by molar-refractivity contribution is -0.274. The van der Waals surface area contributed by atoms with Gasteiger partial charge in [-0.1, -0.05) is 12.1 Å². The molecular weight excluding hydrogens is 354 g/mol. The highest BCUT2D eigenvalue weighted by atomic mass is 19.4. The average molecular weight is 365 g/mol. The number of halogens is 4. The van der Waals surface area contributed by atoms with Crippen molar-refractivity contribution in [3.63, 3.8) is 0 Å². The van der Waals surface area contributed by atoms with Gasteiger partial charge < -0.3 is 10.5 Å². The van der Waals surface area contributed by atoms with E-state index in [4.69, 9.17) is 5.73 Å². The van der Waals surface area contributed by atoms with Crippen LogP contribution in [0.1, 0.15) is 10.5 Å². The molecule has 9 heteroatoms. The number of hydrogen-bond acceptors (Lipinski definition) is 3. The Bertz CT molecular complexity index is 949. The molecule has 0 saturated heterocycles. The molecule has 0 saturated carbocycles. The van der Waals surface area contributed by atoms with Crippen LogP contribution in [0.3, 0.4) is 0 Å². The summed E-state index contributed by atoms with van der Waals surface area (Å²) in [6, 6.07) is 11.7. The number of ether oxygens (including phenoxy) is 1. The van der Waals surface area contributed by atoms with Crippen LogP contribution >= 0.6 is 0 Å². The lowest BCUT2D eigenvalue weighted by Gasteiger charge is -2.11. The summed E-state index contributed by atoms with van der Waals surface area (Å²) in [5, 5.41) is 4.05. The Labute approximate surface area is 144 Å². The van der Waals surface area contributed by atoms with Crippen LogP contribution in [0.4, 0.5) is 17.6 Å². The molecule has 0 spiro atoms. The van der Waals surface area contributed by atoms with Crippen LogP contribution in [0.5, 0.6) is 5.75 Å². The quantitative estimate of drug-likeness (QED) is 0.717. The van der Waals surface area contributed by atoms with E-state index >= 15 is 0 Å². The third kappa shape index (κ3) is 3.82. The Kier molecular flexibility index (Phi) is 4.37. The molecule has 26 heavy (non-hydrogen) atoms. The fraction of sp³-hybridized carbons (Fsp3) is 0.0588. The Morgan fingerprint density at radius 2 is 1.77 bits per heavy atom. The second-order valence-electron chi connectivity index (χ2n) is 5.24. The molecule has 0 unspecified atom stereocenters. The first-order chi connectivity index (χ1) is 12.2. The number of rotatable bonds is 4. The molecule has 1 amide bonds. The van der Waals surface area contributed by atoms with Gasteiger partial charge in [-0.2, -0.15) is 5.10 Å². The minimum absolute atomic E-state index is 0.0912. The minimum Gasteiger partial charge on any atom is -0.406 e. The number of amides is 1. The highest BCUT2D eigenvalue weighted by Crippen LogP contribution is 2.30. The zero-order valence-corrected chi connectivity index (χ0v) is 13.0. The van der Waals surface area contributed by atoms with Gasteiger partial charge in [-0.15, -0.1) is 13.2 Å². The first-order valence-electron chi connectivity index (χ1n) is 7.25. The molecule has 5 nitrogen and oxygen atoms in total. The van der Waals surface area contributed by atoms with Gasteiger partial charge in [0.1, 0.15) is 11.6 Å². The van der Waals surface area contributed by atoms with Crippen molar-refractivity contribution in [1.82, 2.24) is 9.78 Å². The van der Waals surface area contributed by atoms with Gasteiger partial charge in [0.2, 0.25) is 0 Å². The molecule has 2 N–H and O–H groups in total. The zero-order chi connectivity index (χ0) is 18.9. The van der Waals surface area contributed by atoms with Crippen molar-refractivity contribution in [1.29, 1.82) is 0 Å². The van der Waals surface area contributed by atoms with Gasteiger partial charge in [0, 0.05) is 5.56 Å². The molecule has 1 aromatic heterocycles. The lowest BCUT2D eigenvalue weighted by Crippen LogP contribution is -2.17. The molecule has 0 radical (unpaired) electrons. The highest BCUT2D eigenvalue weighted by Gasteiger charge is 2.31. The predicted octanol–water partition coefficient (Wildman–Crippen LogP) is 3.68. The summed E-state index contributed by atoms with van der Waals surface area (Å²) in [5.74, 6) is -1.71. The van der Waals surface area contributed by atoms with E-state index in [1.165, 1.54) is 47.1 Å². The fourth-order valence-corrected chi connectivity index (χ4v) is 2.34. The van der Waals surface area contributed by atoms with E-state index in [-0.39, 0.29) is 11.4 Å². The summed E-state index contributed by atoms with van der Waals surface area (Å²) in [6.07, 6.45) is -4.84. The summed E-state index contributed by atoms with van der Waals surface area (Å²) in [6.45, 7) is 0. The molecule has 0 aliphatic heterocycles. The maximum atomic E-state index is 13.1. The first kappa shape index (κ1) is 17.5. The smallest absolute Gasteiger partial charge is 0.406 e. The number of aromatic nitrogens is 2. The average Bonchev–Trinajstić information content (AvgIpc) is 3.00. The number of carbonyl (C=O) groups excluding carboxylic acids is 1. The maximum absolute atomic E-state index is 13.1. The second-order valence-corrected chi connectivity index (χ2v) is 5.24. The molecule has 3 aromatic rings. The Morgan fingerprint density at radius 3 is 2.38 bits per heavy atom. The second kappa shape index (κ2) is 6.51. The molecule has 2 aromatic carbocycles. The van der Waals surface area contributed by atoms with Gasteiger partial charge in [0.15, 0.2) is 5.69 Å². The molecule has 0 aliphatic rings. The van der Waals surface area contributed by atoms with Crippen LogP contribution in [-0.4, -0.2) is 22.1 Å². The monoisotopic (exact) mass is 365 g/mol. The number of hydrogen-bond donors (Lipinski definition) is 1. The molecular formula is C17H11F4N3O2. The van der Waals surface area contributed by atoms with Gasteiger partial charge >= 0.3 is 6.36 Å². The van der Waals surface area contributed by atoms with Crippen molar-refractivity contribution < 1.29 is 27.1 Å². The third-order valence-electron chi connectivity index (χ3n) is 3.40. The van der Waals surface area contributed by atoms with Crippen LogP contribution in [0.2, 0.25) is 0 Å². The lowest BCUT2D eigenvalue weighted by atomic mass is 10.1. The SMILES string of the molecule is NC(=O)c1cc(-c2cccc(OC(F)(F)F)c2)n(-c2ccc(F)cc2)n1. The number of nitrogens with zero attached hydrogens (tertiary/aromatic N) is 2. The van der Waals surface area contributed by atoms with Crippen LogP contribution in [0.25, 0.3) is 16.9 Å². The van der Waals surface area contributed by atoms with Crippen molar-refractivity contribution >= 4 is 5.91 Å². The third-order valence-corrected chi connectivity index (χ3v) is 3.40. The summed E-state index contributed by atoms with van der Waals surface area (Å²) >= 11 is 0. The van der Waals surface area contributed by atoms with Gasteiger partial charge in [-0.05, 0) is 42.5 Å². The summed E-state index contributed by atoms with van der Waals surface area (Å²) in [7, 11) is 0. The maximum Gasteiger partial charge on any atom is 0.573 e. The van der Waals surface area contributed by atoms with Gasteiger partial charge in [0.25, 0.3) is 5.91 Å². The van der Waals surface area contributed by atoms with Gasteiger partial charge in [0.05, 0.1) is 11.4 Å². The van der Waals surface area contributed by atoms with Crippen LogP contribution < -0.4 is 10.5 Å². The Balaban J connectivity index is 2.11. The van der Waals surface area contributed by atoms with E-state index in [0.29, 0.717) is 11.3 Å². The van der Waals surface area contributed by atoms with E-state index in [9.17, 15) is 22.4 Å². The first-order valence-corrected chi connectivity index (χ1v) is 7.25. The number of benzene rings is 2. The molecule has 0 atom stereocenters. The van der Waals surface area contributed by atoms with Crippen molar-refractivity contribution in [2.75, 3.05) is 0 Å². The van der Waals surface area contributed by atoms with Crippen molar-refractivity contribution in [2.45, 2.75) is 6.36 Å². The summed E-state index contributed by atoms with van der Waals surface area (Å²) in [5.41, 5.74) is 6.14. The minimum atomic E-state index is -4.84. The number of carbonyl (C=O) groups is 1. The van der Waals surface area contributed by atoms with E-state index in [1.54, 1.807) is 0 Å². The number of primary amides is 1.